The van der Waals surface area contributed by atoms with E-state index in [4.69, 9.17) is 0 Å². The highest BCUT2D eigenvalue weighted by Gasteiger charge is 2.32. The van der Waals surface area contributed by atoms with E-state index in [1.165, 1.54) is 17.8 Å². The molecule has 0 aromatic carbocycles. The maximum Gasteiger partial charge on any atom is 0.0386 e. The average molecular weight is 252 g/mol. The van der Waals surface area contributed by atoms with Crippen molar-refractivity contribution < 1.29 is 0 Å². The molecule has 1 heterocycles. The van der Waals surface area contributed by atoms with Crippen LogP contribution < -0.4 is 5.32 Å². The molecule has 17 heavy (non-hydrogen) atoms. The van der Waals surface area contributed by atoms with Gasteiger partial charge in [0.05, 0.1) is 0 Å². The van der Waals surface area contributed by atoms with Crippen molar-refractivity contribution in [3.63, 3.8) is 0 Å². The van der Waals surface area contributed by atoms with Gasteiger partial charge in [-0.05, 0) is 43.7 Å². The Kier molecular flexibility index (Phi) is 4.60. The van der Waals surface area contributed by atoms with Crippen molar-refractivity contribution in [3.8, 4) is 0 Å². The van der Waals surface area contributed by atoms with Gasteiger partial charge in [0.2, 0.25) is 0 Å². The Bertz CT molecular complexity index is 323. The third-order valence-corrected chi connectivity index (χ3v) is 4.79. The lowest BCUT2D eigenvalue weighted by molar-refractivity contribution is 0.309. The molecular formula is C14H24N2S. The molecule has 0 amide bonds. The first-order valence-corrected chi connectivity index (χ1v) is 7.50. The number of rotatable bonds is 7. The summed E-state index contributed by atoms with van der Waals surface area (Å²) in [5, 5.41) is 5.74. The SMILES string of the molecule is CC(NCCN(C)CC1CC1C)c1cccs1. The molecule has 1 N–H and O–H groups in total. The molecule has 2 rings (SSSR count). The molecule has 3 heteroatoms. The van der Waals surface area contributed by atoms with Crippen LogP contribution in [0, 0.1) is 11.8 Å². The molecular weight excluding hydrogens is 228 g/mol. The van der Waals surface area contributed by atoms with E-state index in [1.807, 2.05) is 11.3 Å². The van der Waals surface area contributed by atoms with Crippen molar-refractivity contribution in [3.05, 3.63) is 22.4 Å². The second-order valence-electron chi connectivity index (χ2n) is 5.43. The Morgan fingerprint density at radius 2 is 2.35 bits per heavy atom. The summed E-state index contributed by atoms with van der Waals surface area (Å²) < 4.78 is 0. The second-order valence-corrected chi connectivity index (χ2v) is 6.41. The Morgan fingerprint density at radius 3 is 2.94 bits per heavy atom. The van der Waals surface area contributed by atoms with Gasteiger partial charge < -0.3 is 10.2 Å². The lowest BCUT2D eigenvalue weighted by Crippen LogP contribution is -2.31. The molecule has 0 spiro atoms. The van der Waals surface area contributed by atoms with Gasteiger partial charge in [0, 0.05) is 30.6 Å². The van der Waals surface area contributed by atoms with E-state index in [2.05, 4.69) is 48.6 Å². The number of nitrogens with one attached hydrogen (secondary N) is 1. The van der Waals surface area contributed by atoms with Crippen LogP contribution in [0.5, 0.6) is 0 Å². The number of hydrogen-bond acceptors (Lipinski definition) is 3. The fourth-order valence-corrected chi connectivity index (χ4v) is 3.01. The zero-order valence-corrected chi connectivity index (χ0v) is 12.0. The van der Waals surface area contributed by atoms with Crippen LogP contribution in [0.15, 0.2) is 17.5 Å². The first-order chi connectivity index (χ1) is 8.16. The van der Waals surface area contributed by atoms with Gasteiger partial charge in [0.15, 0.2) is 0 Å². The lowest BCUT2D eigenvalue weighted by Gasteiger charge is -2.18. The van der Waals surface area contributed by atoms with Crippen LogP contribution in [0.2, 0.25) is 0 Å². The quantitative estimate of drug-likeness (QED) is 0.802. The van der Waals surface area contributed by atoms with Gasteiger partial charge in [-0.15, -0.1) is 11.3 Å². The topological polar surface area (TPSA) is 15.3 Å². The zero-order chi connectivity index (χ0) is 12.3. The number of nitrogens with zero attached hydrogens (tertiary/aromatic N) is 1. The molecule has 0 aliphatic heterocycles. The highest BCUT2D eigenvalue weighted by atomic mass is 32.1. The molecule has 0 bridgehead atoms. The van der Waals surface area contributed by atoms with Crippen molar-refractivity contribution in [1.82, 2.24) is 10.2 Å². The number of thiophene rings is 1. The van der Waals surface area contributed by atoms with Gasteiger partial charge in [-0.2, -0.15) is 0 Å². The minimum Gasteiger partial charge on any atom is -0.308 e. The Labute approximate surface area is 109 Å². The smallest absolute Gasteiger partial charge is 0.0386 e. The highest BCUT2D eigenvalue weighted by molar-refractivity contribution is 7.10. The fraction of sp³-hybridized carbons (Fsp3) is 0.714. The van der Waals surface area contributed by atoms with Crippen molar-refractivity contribution in [1.29, 1.82) is 0 Å². The van der Waals surface area contributed by atoms with E-state index in [0.717, 1.165) is 24.9 Å². The molecule has 1 fully saturated rings. The molecule has 1 aliphatic carbocycles. The molecule has 1 aromatic heterocycles. The van der Waals surface area contributed by atoms with Gasteiger partial charge in [-0.25, -0.2) is 0 Å². The van der Waals surface area contributed by atoms with Crippen LogP contribution in [0.25, 0.3) is 0 Å². The molecule has 96 valence electrons. The van der Waals surface area contributed by atoms with Crippen LogP contribution in [-0.2, 0) is 0 Å². The maximum atomic E-state index is 3.59. The summed E-state index contributed by atoms with van der Waals surface area (Å²) in [6, 6.07) is 4.82. The predicted molar refractivity (Wildman–Crippen MR) is 75.5 cm³/mol. The standard InChI is InChI=1S/C14H24N2S/c1-11-9-13(11)10-16(3)7-6-15-12(2)14-5-4-8-17-14/h4-5,8,11-13,15H,6-7,9-10H2,1-3H3. The molecule has 3 atom stereocenters. The van der Waals surface area contributed by atoms with Crippen LogP contribution in [0.3, 0.4) is 0 Å². The van der Waals surface area contributed by atoms with Gasteiger partial charge in [0.25, 0.3) is 0 Å². The molecule has 0 saturated heterocycles. The lowest BCUT2D eigenvalue weighted by atomic mass is 10.2. The van der Waals surface area contributed by atoms with E-state index in [1.54, 1.807) is 0 Å². The van der Waals surface area contributed by atoms with Crippen molar-refractivity contribution in [2.45, 2.75) is 26.3 Å². The van der Waals surface area contributed by atoms with Gasteiger partial charge in [-0.3, -0.25) is 0 Å². The minimum absolute atomic E-state index is 0.489. The van der Waals surface area contributed by atoms with E-state index in [-0.39, 0.29) is 0 Å². The largest absolute Gasteiger partial charge is 0.308 e. The Balaban J connectivity index is 1.59. The summed E-state index contributed by atoms with van der Waals surface area (Å²) in [5.74, 6) is 1.94. The van der Waals surface area contributed by atoms with E-state index >= 15 is 0 Å². The molecule has 2 nitrogen and oxygen atoms in total. The molecule has 1 aromatic rings. The molecule has 0 radical (unpaired) electrons. The van der Waals surface area contributed by atoms with Crippen LogP contribution in [0.4, 0.5) is 0 Å². The van der Waals surface area contributed by atoms with Crippen molar-refractivity contribution in [2.24, 2.45) is 11.8 Å². The zero-order valence-electron chi connectivity index (χ0n) is 11.1. The molecule has 1 aliphatic rings. The highest BCUT2D eigenvalue weighted by Crippen LogP contribution is 2.37. The summed E-state index contributed by atoms with van der Waals surface area (Å²) in [6.07, 6.45) is 1.43. The minimum atomic E-state index is 0.489. The van der Waals surface area contributed by atoms with Gasteiger partial charge >= 0.3 is 0 Å². The normalized spacial score (nSPS) is 25.2. The van der Waals surface area contributed by atoms with E-state index < -0.39 is 0 Å². The van der Waals surface area contributed by atoms with E-state index in [0.29, 0.717) is 6.04 Å². The number of likely N-dealkylation sites (N-methyl/N-ethyl adjacent to an activating group) is 1. The maximum absolute atomic E-state index is 3.59. The van der Waals surface area contributed by atoms with Crippen LogP contribution in [0.1, 0.15) is 31.2 Å². The van der Waals surface area contributed by atoms with Gasteiger partial charge in [0.1, 0.15) is 0 Å². The summed E-state index contributed by atoms with van der Waals surface area (Å²) in [7, 11) is 2.24. The summed E-state index contributed by atoms with van der Waals surface area (Å²) in [6.45, 7) is 8.11. The first kappa shape index (κ1) is 13.1. The monoisotopic (exact) mass is 252 g/mol. The van der Waals surface area contributed by atoms with Crippen molar-refractivity contribution >= 4 is 11.3 Å². The Morgan fingerprint density at radius 1 is 1.59 bits per heavy atom. The molecule has 3 unspecified atom stereocenters. The molecule has 1 saturated carbocycles. The third-order valence-electron chi connectivity index (χ3n) is 3.74. The van der Waals surface area contributed by atoms with Crippen molar-refractivity contribution in [2.75, 3.05) is 26.7 Å². The van der Waals surface area contributed by atoms with E-state index in [9.17, 15) is 0 Å². The summed E-state index contributed by atoms with van der Waals surface area (Å²) in [4.78, 5) is 3.89. The summed E-state index contributed by atoms with van der Waals surface area (Å²) in [5.41, 5.74) is 0. The van der Waals surface area contributed by atoms with Gasteiger partial charge in [-0.1, -0.05) is 13.0 Å². The predicted octanol–water partition coefficient (Wildman–Crippen LogP) is 2.99. The number of hydrogen-bond donors (Lipinski definition) is 1. The first-order valence-electron chi connectivity index (χ1n) is 6.62. The van der Waals surface area contributed by atoms with Crippen LogP contribution in [-0.4, -0.2) is 31.6 Å². The second kappa shape index (κ2) is 5.98. The van der Waals surface area contributed by atoms with Crippen LogP contribution >= 0.6 is 11.3 Å². The summed E-state index contributed by atoms with van der Waals surface area (Å²) >= 11 is 1.83. The Hall–Kier alpha value is -0.380. The fourth-order valence-electron chi connectivity index (χ4n) is 2.26. The average Bonchev–Trinajstić information content (AvgIpc) is 2.83. The third kappa shape index (κ3) is 4.09.